The second-order valence-corrected chi connectivity index (χ2v) is 12.8. The molecule has 3 heterocycles. The minimum absolute atomic E-state index is 0.121. The van der Waals surface area contributed by atoms with Crippen molar-refractivity contribution in [2.45, 2.75) is 56.0 Å². The molecule has 7 nitrogen and oxygen atoms in total. The number of nitrogens with one attached hydrogen (secondary N) is 2. The zero-order valence-electron chi connectivity index (χ0n) is 18.7. The summed E-state index contributed by atoms with van der Waals surface area (Å²) in [5.74, 6) is 0.906. The number of benzene rings is 1. The summed E-state index contributed by atoms with van der Waals surface area (Å²) in [6, 6.07) is 11.6. The molecule has 2 aliphatic heterocycles. The molecule has 1 aromatic carbocycles. The molecule has 0 aliphatic carbocycles. The van der Waals surface area contributed by atoms with Gasteiger partial charge in [-0.15, -0.1) is 23.1 Å². The van der Waals surface area contributed by atoms with Crippen molar-refractivity contribution >= 4 is 44.7 Å². The first kappa shape index (κ1) is 24.5. The standard InChI is InChI=1S/C23H30N2O5S3/c1-33(27,28)25-18-9-7-17(8-10-18)19-11-12-20(32-19)23(13-3-5-15-31-23)16-21(26)24-30-22-6-2-4-14-29-22/h7-12,22,25H,2-6,13-16H2,1H3,(H,24,26)/t22?,23-/m0/s1. The molecule has 2 saturated heterocycles. The Morgan fingerprint density at radius 2 is 1.97 bits per heavy atom. The van der Waals surface area contributed by atoms with Gasteiger partial charge in [-0.1, -0.05) is 18.6 Å². The van der Waals surface area contributed by atoms with Crippen LogP contribution in [-0.4, -0.2) is 39.2 Å². The summed E-state index contributed by atoms with van der Waals surface area (Å²) < 4.78 is 30.6. The maximum Gasteiger partial charge on any atom is 0.245 e. The lowest BCUT2D eigenvalue weighted by Crippen LogP contribution is -2.37. The number of hydrogen-bond acceptors (Lipinski definition) is 7. The van der Waals surface area contributed by atoms with Crippen LogP contribution in [0.2, 0.25) is 0 Å². The van der Waals surface area contributed by atoms with Crippen molar-refractivity contribution in [2.24, 2.45) is 0 Å². The fourth-order valence-electron chi connectivity index (χ4n) is 4.16. The molecule has 1 amide bonds. The van der Waals surface area contributed by atoms with E-state index in [1.807, 2.05) is 23.9 Å². The van der Waals surface area contributed by atoms with Gasteiger partial charge in [0, 0.05) is 34.9 Å². The predicted octanol–water partition coefficient (Wildman–Crippen LogP) is 4.86. The molecule has 2 fully saturated rings. The van der Waals surface area contributed by atoms with E-state index in [2.05, 4.69) is 22.3 Å². The summed E-state index contributed by atoms with van der Waals surface area (Å²) in [7, 11) is -3.30. The average Bonchev–Trinajstić information content (AvgIpc) is 3.30. The highest BCUT2D eigenvalue weighted by atomic mass is 32.2. The van der Waals surface area contributed by atoms with Crippen LogP contribution in [0.15, 0.2) is 36.4 Å². The van der Waals surface area contributed by atoms with Gasteiger partial charge in [-0.3, -0.25) is 9.52 Å². The number of hydroxylamine groups is 1. The van der Waals surface area contributed by atoms with Gasteiger partial charge in [-0.2, -0.15) is 0 Å². The van der Waals surface area contributed by atoms with E-state index in [0.717, 1.165) is 61.0 Å². The van der Waals surface area contributed by atoms with Gasteiger partial charge in [-0.05, 0) is 61.3 Å². The van der Waals surface area contributed by atoms with Crippen molar-refractivity contribution in [1.29, 1.82) is 0 Å². The number of sulfonamides is 1. The van der Waals surface area contributed by atoms with Gasteiger partial charge in [0.2, 0.25) is 15.9 Å². The highest BCUT2D eigenvalue weighted by molar-refractivity contribution is 8.00. The number of thioether (sulfide) groups is 1. The summed E-state index contributed by atoms with van der Waals surface area (Å²) in [6.45, 7) is 0.670. The molecule has 0 saturated carbocycles. The molecular weight excluding hydrogens is 480 g/mol. The van der Waals surface area contributed by atoms with Crippen LogP contribution in [0.5, 0.6) is 0 Å². The SMILES string of the molecule is CS(=O)(=O)Nc1ccc(-c2ccc([C@@]3(CC(=O)NOC4CCCCO4)CCCCS3)s2)cc1. The van der Waals surface area contributed by atoms with E-state index in [4.69, 9.17) is 9.57 Å². The highest BCUT2D eigenvalue weighted by Gasteiger charge is 2.38. The van der Waals surface area contributed by atoms with Gasteiger partial charge in [0.1, 0.15) is 0 Å². The Labute approximate surface area is 203 Å². The van der Waals surface area contributed by atoms with Gasteiger partial charge in [0.05, 0.1) is 11.0 Å². The van der Waals surface area contributed by atoms with Crippen molar-refractivity contribution in [3.05, 3.63) is 41.3 Å². The third kappa shape index (κ3) is 6.73. The third-order valence-electron chi connectivity index (χ3n) is 5.77. The van der Waals surface area contributed by atoms with Gasteiger partial charge < -0.3 is 4.74 Å². The predicted molar refractivity (Wildman–Crippen MR) is 134 cm³/mol. The number of hydrogen-bond donors (Lipinski definition) is 2. The zero-order chi connectivity index (χ0) is 23.3. The van der Waals surface area contributed by atoms with Crippen LogP contribution in [0.1, 0.15) is 49.8 Å². The van der Waals surface area contributed by atoms with Crippen LogP contribution in [0.3, 0.4) is 0 Å². The Balaban J connectivity index is 1.45. The van der Waals surface area contributed by atoms with E-state index >= 15 is 0 Å². The van der Waals surface area contributed by atoms with Crippen molar-refractivity contribution < 1.29 is 22.8 Å². The molecule has 180 valence electrons. The van der Waals surface area contributed by atoms with Gasteiger partial charge in [0.25, 0.3) is 0 Å². The molecule has 0 bridgehead atoms. The first-order valence-electron chi connectivity index (χ1n) is 11.2. The monoisotopic (exact) mass is 510 g/mol. The minimum Gasteiger partial charge on any atom is -0.350 e. The number of amides is 1. The minimum atomic E-state index is -3.30. The number of ether oxygens (including phenoxy) is 1. The van der Waals surface area contributed by atoms with Crippen molar-refractivity contribution in [2.75, 3.05) is 23.3 Å². The summed E-state index contributed by atoms with van der Waals surface area (Å²) in [4.78, 5) is 20.6. The molecule has 4 rings (SSSR count). The van der Waals surface area contributed by atoms with Gasteiger partial charge >= 0.3 is 0 Å². The lowest BCUT2D eigenvalue weighted by molar-refractivity contribution is -0.200. The van der Waals surface area contributed by atoms with Crippen LogP contribution >= 0.6 is 23.1 Å². The number of carbonyl (C=O) groups excluding carboxylic acids is 1. The molecule has 2 N–H and O–H groups in total. The van der Waals surface area contributed by atoms with Crippen LogP contribution < -0.4 is 10.2 Å². The lowest BCUT2D eigenvalue weighted by atomic mass is 9.94. The van der Waals surface area contributed by atoms with E-state index in [0.29, 0.717) is 18.7 Å². The average molecular weight is 511 g/mol. The second kappa shape index (κ2) is 10.8. The molecule has 2 aliphatic rings. The Bertz CT molecular complexity index is 1040. The molecule has 0 radical (unpaired) electrons. The number of anilines is 1. The van der Waals surface area contributed by atoms with E-state index in [1.165, 1.54) is 4.88 Å². The highest BCUT2D eigenvalue weighted by Crippen LogP contribution is 2.50. The maximum atomic E-state index is 12.8. The fraction of sp³-hybridized carbons (Fsp3) is 0.522. The third-order valence-corrected chi connectivity index (χ3v) is 9.46. The first-order valence-corrected chi connectivity index (χ1v) is 14.9. The van der Waals surface area contributed by atoms with E-state index in [-0.39, 0.29) is 16.9 Å². The smallest absolute Gasteiger partial charge is 0.245 e. The molecule has 2 atom stereocenters. The van der Waals surface area contributed by atoms with Crippen molar-refractivity contribution in [1.82, 2.24) is 5.48 Å². The molecular formula is C23H30N2O5S3. The topological polar surface area (TPSA) is 93.7 Å². The van der Waals surface area contributed by atoms with Gasteiger partial charge in [0.15, 0.2) is 6.29 Å². The molecule has 10 heteroatoms. The summed E-state index contributed by atoms with van der Waals surface area (Å²) in [6.07, 6.45) is 7.22. The molecule has 1 aromatic heterocycles. The number of thiophene rings is 1. The second-order valence-electron chi connectivity index (χ2n) is 8.53. The van der Waals surface area contributed by atoms with Crippen molar-refractivity contribution in [3.8, 4) is 10.4 Å². The van der Waals surface area contributed by atoms with E-state index < -0.39 is 10.0 Å². The lowest BCUT2D eigenvalue weighted by Gasteiger charge is -2.35. The van der Waals surface area contributed by atoms with Crippen molar-refractivity contribution in [3.63, 3.8) is 0 Å². The van der Waals surface area contributed by atoms with Crippen LogP contribution in [-0.2, 0) is 29.1 Å². The zero-order valence-corrected chi connectivity index (χ0v) is 21.1. The van der Waals surface area contributed by atoms with E-state index in [9.17, 15) is 13.2 Å². The van der Waals surface area contributed by atoms with E-state index in [1.54, 1.807) is 23.5 Å². The molecule has 33 heavy (non-hydrogen) atoms. The first-order chi connectivity index (χ1) is 15.8. The van der Waals surface area contributed by atoms with Crippen LogP contribution in [0, 0.1) is 0 Å². The Kier molecular flexibility index (Phi) is 8.01. The Hall–Kier alpha value is -1.59. The largest absolute Gasteiger partial charge is 0.350 e. The Morgan fingerprint density at radius 1 is 1.15 bits per heavy atom. The molecule has 1 unspecified atom stereocenters. The summed E-state index contributed by atoms with van der Waals surface area (Å²) >= 11 is 3.55. The molecule has 0 spiro atoms. The summed E-state index contributed by atoms with van der Waals surface area (Å²) in [5.41, 5.74) is 4.18. The van der Waals surface area contributed by atoms with Gasteiger partial charge in [-0.25, -0.2) is 18.7 Å². The number of carbonyl (C=O) groups is 1. The fourth-order valence-corrected chi connectivity index (χ4v) is 7.62. The maximum absolute atomic E-state index is 12.8. The normalized spacial score (nSPS) is 23.7. The summed E-state index contributed by atoms with van der Waals surface area (Å²) in [5, 5.41) is 0. The van der Waals surface area contributed by atoms with Crippen LogP contribution in [0.25, 0.3) is 10.4 Å². The Morgan fingerprint density at radius 3 is 2.64 bits per heavy atom. The number of rotatable bonds is 8. The quantitative estimate of drug-likeness (QED) is 0.493. The molecule has 2 aromatic rings. The van der Waals surface area contributed by atoms with Crippen LogP contribution in [0.4, 0.5) is 5.69 Å².